The molecule has 1 heterocycles. The van der Waals surface area contributed by atoms with Crippen molar-refractivity contribution in [2.24, 2.45) is 0 Å². The second kappa shape index (κ2) is 14.1. The number of rotatable bonds is 12. The Morgan fingerprint density at radius 3 is 2.17 bits per heavy atom. The van der Waals surface area contributed by atoms with Crippen molar-refractivity contribution in [3.63, 3.8) is 0 Å². The van der Waals surface area contributed by atoms with Crippen LogP contribution in [-0.2, 0) is 22.4 Å². The molecule has 0 aliphatic carbocycles. The monoisotopic (exact) mass is 578 g/mol. The van der Waals surface area contributed by atoms with Gasteiger partial charge in [0.25, 0.3) is 0 Å². The molecule has 4 rings (SSSR count). The molecule has 0 saturated carbocycles. The lowest BCUT2D eigenvalue weighted by molar-refractivity contribution is -0.144. The van der Waals surface area contributed by atoms with E-state index in [2.05, 4.69) is 10.2 Å². The van der Waals surface area contributed by atoms with Crippen LogP contribution in [0.2, 0.25) is 0 Å². The number of aryl methyl sites for hydroxylation is 1. The van der Waals surface area contributed by atoms with E-state index in [0.717, 1.165) is 29.5 Å². The molecule has 1 amide bonds. The van der Waals surface area contributed by atoms with Crippen molar-refractivity contribution in [3.8, 4) is 23.0 Å². The summed E-state index contributed by atoms with van der Waals surface area (Å²) in [4.78, 5) is 27.8. The summed E-state index contributed by atoms with van der Waals surface area (Å²) >= 11 is 0. The highest BCUT2D eigenvalue weighted by Gasteiger charge is 2.38. The predicted octanol–water partition coefficient (Wildman–Crippen LogP) is 3.56. The molecule has 0 saturated heterocycles. The summed E-state index contributed by atoms with van der Waals surface area (Å²) in [5.41, 5.74) is 3.71. The van der Waals surface area contributed by atoms with Gasteiger partial charge in [-0.3, -0.25) is 9.69 Å². The van der Waals surface area contributed by atoms with Gasteiger partial charge in [-0.15, -0.1) is 0 Å². The average Bonchev–Trinajstić information content (AvgIpc) is 3.18. The van der Waals surface area contributed by atoms with Gasteiger partial charge in [0.2, 0.25) is 5.91 Å². The molecule has 224 valence electrons. The Bertz CT molecular complexity index is 1380. The Morgan fingerprint density at radius 1 is 0.905 bits per heavy atom. The van der Waals surface area contributed by atoms with Crippen LogP contribution in [-0.4, -0.2) is 74.6 Å². The number of hydrogen-bond donors (Lipinski definition) is 3. The van der Waals surface area contributed by atoms with Crippen LogP contribution in [0.4, 0.5) is 0 Å². The summed E-state index contributed by atoms with van der Waals surface area (Å²) < 4.78 is 22.3. The van der Waals surface area contributed by atoms with Crippen molar-refractivity contribution in [1.82, 2.24) is 10.2 Å². The summed E-state index contributed by atoms with van der Waals surface area (Å²) in [6, 6.07) is 16.4. The van der Waals surface area contributed by atoms with Crippen LogP contribution in [0.3, 0.4) is 0 Å². The lowest BCUT2D eigenvalue weighted by Crippen LogP contribution is -2.49. The molecular formula is C32H38N2O8. The molecule has 3 aromatic carbocycles. The molecular weight excluding hydrogens is 540 g/mol. The molecule has 0 radical (unpaired) electrons. The van der Waals surface area contributed by atoms with E-state index in [0.29, 0.717) is 41.5 Å². The van der Waals surface area contributed by atoms with Crippen LogP contribution in [0.1, 0.15) is 40.8 Å². The van der Waals surface area contributed by atoms with Crippen molar-refractivity contribution in [2.75, 3.05) is 41.6 Å². The summed E-state index contributed by atoms with van der Waals surface area (Å²) in [5, 5.41) is 21.8. The highest BCUT2D eigenvalue weighted by Crippen LogP contribution is 2.42. The number of amides is 1. The maximum absolute atomic E-state index is 13.9. The number of hydrogen-bond acceptors (Lipinski definition) is 8. The number of aliphatic hydroxyl groups is 1. The topological polar surface area (TPSA) is 127 Å². The van der Waals surface area contributed by atoms with Gasteiger partial charge < -0.3 is 34.5 Å². The van der Waals surface area contributed by atoms with Gasteiger partial charge in [0, 0.05) is 12.6 Å². The Morgan fingerprint density at radius 2 is 1.55 bits per heavy atom. The maximum Gasteiger partial charge on any atom is 0.328 e. The van der Waals surface area contributed by atoms with E-state index in [4.69, 9.17) is 18.9 Å². The highest BCUT2D eigenvalue weighted by atomic mass is 16.5. The molecule has 0 fully saturated rings. The Hall–Kier alpha value is -4.28. The molecule has 10 nitrogen and oxygen atoms in total. The zero-order valence-corrected chi connectivity index (χ0v) is 24.3. The summed E-state index contributed by atoms with van der Waals surface area (Å²) in [7, 11) is 6.36. The lowest BCUT2D eigenvalue weighted by atomic mass is 9.91. The number of ether oxygens (including phenoxy) is 4. The third kappa shape index (κ3) is 6.61. The number of carbonyl (C=O) groups excluding carboxylic acids is 1. The van der Waals surface area contributed by atoms with E-state index >= 15 is 0 Å². The summed E-state index contributed by atoms with van der Waals surface area (Å²) in [6.07, 6.45) is 1.98. The molecule has 1 aliphatic rings. The van der Waals surface area contributed by atoms with Crippen LogP contribution in [0.15, 0.2) is 60.7 Å². The van der Waals surface area contributed by atoms with E-state index in [1.807, 2.05) is 60.7 Å². The minimum atomic E-state index is -1.43. The number of carboxylic acid groups (broad SMARTS) is 1. The first-order chi connectivity index (χ1) is 20.3. The zero-order valence-electron chi connectivity index (χ0n) is 24.3. The number of aliphatic hydroxyl groups excluding tert-OH is 1. The molecule has 42 heavy (non-hydrogen) atoms. The number of carboxylic acids is 1. The first-order valence-electron chi connectivity index (χ1n) is 13.8. The fourth-order valence-corrected chi connectivity index (χ4v) is 5.58. The van der Waals surface area contributed by atoms with Crippen molar-refractivity contribution < 1.29 is 38.7 Å². The number of aliphatic carboxylic acids is 1. The predicted molar refractivity (Wildman–Crippen MR) is 156 cm³/mol. The minimum absolute atomic E-state index is 0.325. The molecule has 1 aliphatic heterocycles. The Kier molecular flexibility index (Phi) is 10.3. The zero-order chi connectivity index (χ0) is 30.2. The third-order valence-corrected chi connectivity index (χ3v) is 7.64. The van der Waals surface area contributed by atoms with Gasteiger partial charge in [-0.2, -0.15) is 0 Å². The smallest absolute Gasteiger partial charge is 0.328 e. The number of methoxy groups -OCH3 is 4. The van der Waals surface area contributed by atoms with Crippen molar-refractivity contribution in [3.05, 3.63) is 82.9 Å². The molecule has 3 unspecified atom stereocenters. The van der Waals surface area contributed by atoms with Crippen LogP contribution < -0.4 is 24.3 Å². The molecule has 3 atom stereocenters. The van der Waals surface area contributed by atoms with Gasteiger partial charge >= 0.3 is 5.97 Å². The van der Waals surface area contributed by atoms with Gasteiger partial charge in [-0.05, 0) is 65.8 Å². The van der Waals surface area contributed by atoms with Crippen LogP contribution in [0, 0.1) is 0 Å². The van der Waals surface area contributed by atoms with Gasteiger partial charge in [-0.25, -0.2) is 4.79 Å². The lowest BCUT2D eigenvalue weighted by Gasteiger charge is -2.38. The molecule has 3 aromatic rings. The highest BCUT2D eigenvalue weighted by molar-refractivity contribution is 5.88. The normalized spacial score (nSPS) is 16.4. The van der Waals surface area contributed by atoms with Gasteiger partial charge in [0.15, 0.2) is 23.0 Å². The van der Waals surface area contributed by atoms with Gasteiger partial charge in [-0.1, -0.05) is 36.4 Å². The van der Waals surface area contributed by atoms with E-state index in [-0.39, 0.29) is 6.04 Å². The third-order valence-electron chi connectivity index (χ3n) is 7.64. The second-order valence-electron chi connectivity index (χ2n) is 10.1. The minimum Gasteiger partial charge on any atom is -0.493 e. The number of nitrogens with zero attached hydrogens (tertiary/aromatic N) is 1. The van der Waals surface area contributed by atoms with E-state index in [1.54, 1.807) is 28.4 Å². The second-order valence-corrected chi connectivity index (χ2v) is 10.1. The van der Waals surface area contributed by atoms with E-state index in [9.17, 15) is 19.8 Å². The van der Waals surface area contributed by atoms with Gasteiger partial charge in [0.05, 0.1) is 35.0 Å². The number of carbonyl (C=O) groups is 2. The molecule has 0 bridgehead atoms. The largest absolute Gasteiger partial charge is 0.493 e. The molecule has 0 aromatic heterocycles. The quantitative estimate of drug-likeness (QED) is 0.296. The maximum atomic E-state index is 13.9. The summed E-state index contributed by atoms with van der Waals surface area (Å²) in [5.74, 6) is 0.575. The SMILES string of the molecule is COc1ccc(CC2c3cc(OC)c(OC)cc3CCCN2C(C(=O)NC(CO)C(=O)O)c2ccccc2)cc1OC. The molecule has 3 N–H and O–H groups in total. The fourth-order valence-electron chi connectivity index (χ4n) is 5.58. The first kappa shape index (κ1) is 30.7. The van der Waals surface area contributed by atoms with Crippen LogP contribution >= 0.6 is 0 Å². The Balaban J connectivity index is 1.88. The average molecular weight is 579 g/mol. The van der Waals surface area contributed by atoms with Crippen LogP contribution in [0.5, 0.6) is 23.0 Å². The first-order valence-corrected chi connectivity index (χ1v) is 13.8. The molecule has 0 spiro atoms. The summed E-state index contributed by atoms with van der Waals surface area (Å²) in [6.45, 7) is -0.182. The number of fused-ring (bicyclic) bond motifs is 1. The fraction of sp³-hybridized carbons (Fsp3) is 0.375. The Labute approximate surface area is 245 Å². The van der Waals surface area contributed by atoms with Crippen molar-refractivity contribution >= 4 is 11.9 Å². The van der Waals surface area contributed by atoms with Crippen LogP contribution in [0.25, 0.3) is 0 Å². The van der Waals surface area contributed by atoms with E-state index in [1.165, 1.54) is 0 Å². The van der Waals surface area contributed by atoms with E-state index < -0.39 is 30.6 Å². The van der Waals surface area contributed by atoms with Gasteiger partial charge in [0.1, 0.15) is 12.1 Å². The van der Waals surface area contributed by atoms with Crippen molar-refractivity contribution in [2.45, 2.75) is 37.4 Å². The standard InChI is InChI=1S/C32H38N2O8/c1-39-26-13-12-20(16-27(26)40-2)15-25-23-18-29(42-4)28(41-3)17-22(23)11-8-14-34(25)30(21-9-6-5-7-10-21)31(36)33-24(19-35)32(37)38/h5-7,9-10,12-13,16-18,24-25,30,35H,8,11,14-15,19H2,1-4H3,(H,33,36)(H,37,38). The number of benzene rings is 3. The molecule has 10 heteroatoms. The number of nitrogens with one attached hydrogen (secondary N) is 1. The van der Waals surface area contributed by atoms with Crippen molar-refractivity contribution in [1.29, 1.82) is 0 Å².